The number of benzene rings is 1. The van der Waals surface area contributed by atoms with Gasteiger partial charge in [0, 0.05) is 24.3 Å². The number of likely N-dealkylation sites (tertiary alicyclic amines) is 1. The van der Waals surface area contributed by atoms with Crippen molar-refractivity contribution in [3.63, 3.8) is 0 Å². The van der Waals surface area contributed by atoms with Gasteiger partial charge in [0.2, 0.25) is 0 Å². The lowest BCUT2D eigenvalue weighted by Gasteiger charge is -2.38. The number of nitrogens with one attached hydrogen (secondary N) is 1. The maximum Gasteiger partial charge on any atom is 0.256 e. The second kappa shape index (κ2) is 23.6. The van der Waals surface area contributed by atoms with E-state index in [1.165, 1.54) is 6.42 Å². The van der Waals surface area contributed by atoms with Crippen LogP contribution < -0.4 is 11.1 Å². The highest BCUT2D eigenvalue weighted by molar-refractivity contribution is 6.30. The number of aryl methyl sites for hydroxylation is 1. The molecular formula is C34H54ClN5O. The van der Waals surface area contributed by atoms with Gasteiger partial charge in [0.15, 0.2) is 0 Å². The van der Waals surface area contributed by atoms with E-state index in [1.807, 2.05) is 73.7 Å². The van der Waals surface area contributed by atoms with E-state index in [2.05, 4.69) is 29.9 Å². The third-order valence-electron chi connectivity index (χ3n) is 6.19. The smallest absolute Gasteiger partial charge is 0.256 e. The van der Waals surface area contributed by atoms with E-state index < -0.39 is 5.41 Å². The molecule has 3 rings (SSSR count). The predicted molar refractivity (Wildman–Crippen MR) is 178 cm³/mol. The Bertz CT molecular complexity index is 1080. The van der Waals surface area contributed by atoms with Gasteiger partial charge in [-0.2, -0.15) is 5.26 Å². The van der Waals surface area contributed by atoms with Crippen LogP contribution in [0.3, 0.4) is 0 Å². The molecule has 41 heavy (non-hydrogen) atoms. The predicted octanol–water partition coefficient (Wildman–Crippen LogP) is 8.21. The molecule has 0 atom stereocenters. The van der Waals surface area contributed by atoms with Crippen molar-refractivity contribution in [2.75, 3.05) is 26.7 Å². The summed E-state index contributed by atoms with van der Waals surface area (Å²) in [5.41, 5.74) is 9.09. The molecule has 1 aliphatic heterocycles. The van der Waals surface area contributed by atoms with Crippen molar-refractivity contribution in [1.29, 1.82) is 5.26 Å². The summed E-state index contributed by atoms with van der Waals surface area (Å²) < 4.78 is 0. The molecule has 0 radical (unpaired) electrons. The molecule has 0 spiro atoms. The van der Waals surface area contributed by atoms with Crippen molar-refractivity contribution in [3.8, 4) is 6.07 Å². The van der Waals surface area contributed by atoms with Crippen LogP contribution in [0.4, 0.5) is 0 Å². The number of carbonyl (C=O) groups excluding carboxylic acids is 1. The SMILES string of the molecule is C=C/C=C(\N)c1ncccc1C(=O)N1CCC(C#N)(Cc2ccc(Cl)cc2C)CC1.CC.CC.CC.CCCNC. The number of carbonyl (C=O) groups is 1. The highest BCUT2D eigenvalue weighted by Crippen LogP contribution is 2.36. The molecule has 0 bridgehead atoms. The molecule has 0 unspecified atom stereocenters. The topological polar surface area (TPSA) is 95.0 Å². The third-order valence-corrected chi connectivity index (χ3v) is 6.42. The molecule has 6 nitrogen and oxygen atoms in total. The minimum Gasteiger partial charge on any atom is -0.397 e. The van der Waals surface area contributed by atoms with E-state index in [-0.39, 0.29) is 5.91 Å². The normalized spacial score (nSPS) is 13.2. The minimum atomic E-state index is -0.491. The van der Waals surface area contributed by atoms with Crippen LogP contribution in [0, 0.1) is 23.7 Å². The molecule has 7 heteroatoms. The zero-order chi connectivity index (χ0) is 31.8. The number of nitrogens with zero attached hydrogens (tertiary/aromatic N) is 3. The van der Waals surface area contributed by atoms with Crippen LogP contribution in [0.1, 0.15) is 94.9 Å². The maximum atomic E-state index is 13.2. The molecule has 3 N–H and O–H groups in total. The Morgan fingerprint density at radius 3 is 2.27 bits per heavy atom. The highest BCUT2D eigenvalue weighted by Gasteiger charge is 2.37. The Kier molecular flexibility index (Phi) is 23.0. The summed E-state index contributed by atoms with van der Waals surface area (Å²) in [5.74, 6) is -0.118. The van der Waals surface area contributed by atoms with Gasteiger partial charge < -0.3 is 16.0 Å². The number of aromatic nitrogens is 1. The van der Waals surface area contributed by atoms with Crippen molar-refractivity contribution in [2.45, 2.75) is 81.1 Å². The van der Waals surface area contributed by atoms with E-state index in [4.69, 9.17) is 17.3 Å². The van der Waals surface area contributed by atoms with Crippen LogP contribution >= 0.6 is 11.6 Å². The summed E-state index contributed by atoms with van der Waals surface area (Å²) in [6.07, 6.45) is 7.93. The Balaban J connectivity index is 0. The lowest BCUT2D eigenvalue weighted by Crippen LogP contribution is -2.44. The van der Waals surface area contributed by atoms with Gasteiger partial charge in [-0.05, 0) is 87.7 Å². The number of hydrogen-bond acceptors (Lipinski definition) is 5. The molecule has 1 saturated heterocycles. The quantitative estimate of drug-likeness (QED) is 0.320. The fraction of sp³-hybridized carbons (Fsp3) is 0.500. The standard InChI is InChI=1S/C24H25ClN4O.C4H11N.3C2H6/c1-3-5-21(27)22-20(6-4-11-28-22)23(30)29-12-9-24(16-26,10-13-29)15-18-7-8-19(25)14-17(18)2;1-3-4-5-2;3*1-2/h3-8,11,14H,1,9-10,12-13,15,27H2,2H3;5H,3-4H2,1-2H3;3*1-2H3/b21-5-;;;;. The van der Waals surface area contributed by atoms with Crippen LogP contribution in [-0.2, 0) is 6.42 Å². The summed E-state index contributed by atoms with van der Waals surface area (Å²) in [6, 6.07) is 11.8. The van der Waals surface area contributed by atoms with E-state index in [9.17, 15) is 10.1 Å². The highest BCUT2D eigenvalue weighted by atomic mass is 35.5. The molecule has 1 aromatic carbocycles. The molecule has 2 heterocycles. The number of halogens is 1. The Morgan fingerprint density at radius 1 is 1.20 bits per heavy atom. The lowest BCUT2D eigenvalue weighted by atomic mass is 9.74. The molecule has 1 fully saturated rings. The van der Waals surface area contributed by atoms with Gasteiger partial charge in [0.1, 0.15) is 0 Å². The summed E-state index contributed by atoms with van der Waals surface area (Å²) >= 11 is 6.06. The van der Waals surface area contributed by atoms with Gasteiger partial charge in [-0.25, -0.2) is 0 Å². The zero-order valence-electron chi connectivity index (χ0n) is 27.0. The van der Waals surface area contributed by atoms with E-state index in [1.54, 1.807) is 35.4 Å². The fourth-order valence-corrected chi connectivity index (χ4v) is 4.35. The molecule has 0 aliphatic carbocycles. The number of nitrogens with two attached hydrogens (primary N) is 1. The first kappa shape index (κ1) is 40.0. The van der Waals surface area contributed by atoms with Gasteiger partial charge >= 0.3 is 0 Å². The van der Waals surface area contributed by atoms with Gasteiger partial charge in [-0.3, -0.25) is 9.78 Å². The first-order valence-corrected chi connectivity index (χ1v) is 15.3. The van der Waals surface area contributed by atoms with Crippen molar-refractivity contribution >= 4 is 23.2 Å². The summed E-state index contributed by atoms with van der Waals surface area (Å²) in [4.78, 5) is 19.2. The van der Waals surface area contributed by atoms with Gasteiger partial charge in [-0.15, -0.1) is 0 Å². The molecule has 1 aromatic heterocycles. The van der Waals surface area contributed by atoms with Gasteiger partial charge in [0.05, 0.1) is 28.4 Å². The average Bonchev–Trinajstić information content (AvgIpc) is 3.02. The van der Waals surface area contributed by atoms with Crippen LogP contribution in [0.25, 0.3) is 5.70 Å². The zero-order valence-corrected chi connectivity index (χ0v) is 27.7. The average molecular weight is 584 g/mol. The van der Waals surface area contributed by atoms with Crippen molar-refractivity contribution in [1.82, 2.24) is 15.2 Å². The van der Waals surface area contributed by atoms with Crippen LogP contribution in [0.2, 0.25) is 5.02 Å². The van der Waals surface area contributed by atoms with Crippen LogP contribution in [-0.4, -0.2) is 42.5 Å². The summed E-state index contributed by atoms with van der Waals surface area (Å²) in [7, 11) is 1.96. The second-order valence-corrected chi connectivity index (χ2v) is 9.23. The Morgan fingerprint density at radius 2 is 1.80 bits per heavy atom. The number of amides is 1. The van der Waals surface area contributed by atoms with Crippen molar-refractivity contribution in [3.05, 3.63) is 82.7 Å². The second-order valence-electron chi connectivity index (χ2n) is 8.79. The molecule has 2 aromatic rings. The number of rotatable bonds is 7. The Hall–Kier alpha value is -3.14. The maximum absolute atomic E-state index is 13.2. The fourth-order valence-electron chi connectivity index (χ4n) is 4.12. The van der Waals surface area contributed by atoms with Gasteiger partial charge in [-0.1, -0.05) is 78.8 Å². The molecule has 0 saturated carbocycles. The molecule has 228 valence electrons. The number of piperidine rings is 1. The number of allylic oxidation sites excluding steroid dienone is 2. The number of pyridine rings is 1. The lowest BCUT2D eigenvalue weighted by molar-refractivity contribution is 0.0646. The number of nitriles is 1. The largest absolute Gasteiger partial charge is 0.397 e. The molecular weight excluding hydrogens is 530 g/mol. The Labute approximate surface area is 255 Å². The van der Waals surface area contributed by atoms with E-state index in [0.29, 0.717) is 54.3 Å². The minimum absolute atomic E-state index is 0.118. The summed E-state index contributed by atoms with van der Waals surface area (Å²) in [5, 5.41) is 13.7. The van der Waals surface area contributed by atoms with Crippen LogP contribution in [0.5, 0.6) is 0 Å². The summed E-state index contributed by atoms with van der Waals surface area (Å²) in [6.45, 7) is 22.0. The first-order valence-electron chi connectivity index (χ1n) is 14.9. The third kappa shape index (κ3) is 13.4. The monoisotopic (exact) mass is 583 g/mol. The first-order chi connectivity index (χ1) is 19.8. The van der Waals surface area contributed by atoms with Crippen LogP contribution in [0.15, 0.2) is 55.3 Å². The molecule has 1 amide bonds. The van der Waals surface area contributed by atoms with Crippen molar-refractivity contribution < 1.29 is 4.79 Å². The van der Waals surface area contributed by atoms with E-state index >= 15 is 0 Å². The van der Waals surface area contributed by atoms with Gasteiger partial charge in [0.25, 0.3) is 5.91 Å². The van der Waals surface area contributed by atoms with E-state index in [0.717, 1.165) is 17.7 Å². The van der Waals surface area contributed by atoms with Crippen molar-refractivity contribution in [2.24, 2.45) is 11.1 Å². The molecule has 1 aliphatic rings. The number of hydrogen-bond donors (Lipinski definition) is 2.